The maximum atomic E-state index is 12.6. The Hall–Kier alpha value is -2.80. The molecule has 1 unspecified atom stereocenters. The van der Waals surface area contributed by atoms with Crippen LogP contribution in [0.5, 0.6) is 5.75 Å². The molecule has 3 aromatic rings. The van der Waals surface area contributed by atoms with Gasteiger partial charge >= 0.3 is 0 Å². The van der Waals surface area contributed by atoms with E-state index in [4.69, 9.17) is 9.26 Å². The molecule has 0 bridgehead atoms. The maximum Gasteiger partial charge on any atom is 0.246 e. The van der Waals surface area contributed by atoms with E-state index in [1.54, 1.807) is 30.8 Å². The average molecular weight is 398 g/mol. The molecule has 0 aliphatic heterocycles. The molecule has 3 rings (SSSR count). The van der Waals surface area contributed by atoms with E-state index in [2.05, 4.69) is 22.3 Å². The molecule has 0 N–H and O–H groups in total. The first-order chi connectivity index (χ1) is 13.6. The first-order valence-electron chi connectivity index (χ1n) is 8.94. The van der Waals surface area contributed by atoms with Crippen LogP contribution in [0.4, 0.5) is 0 Å². The quantitative estimate of drug-likeness (QED) is 0.572. The SMILES string of the molecule is COc1ccc(-c2noc(CN(C)C(=O)C(C)SCc3ccccc3)n2)cc1. The van der Waals surface area contributed by atoms with Gasteiger partial charge in [0.2, 0.25) is 17.6 Å². The zero-order valence-corrected chi connectivity index (χ0v) is 17.0. The molecule has 146 valence electrons. The monoisotopic (exact) mass is 397 g/mol. The van der Waals surface area contributed by atoms with Crippen LogP contribution >= 0.6 is 11.8 Å². The number of carbonyl (C=O) groups is 1. The lowest BCUT2D eigenvalue weighted by Crippen LogP contribution is -2.33. The lowest BCUT2D eigenvalue weighted by molar-refractivity contribution is -0.129. The summed E-state index contributed by atoms with van der Waals surface area (Å²) < 4.78 is 10.5. The standard InChI is InChI=1S/C21H23N3O3S/c1-15(28-14-16-7-5-4-6-8-16)21(25)24(2)13-19-22-20(23-27-19)17-9-11-18(26-3)12-10-17/h4-12,15H,13-14H2,1-3H3. The summed E-state index contributed by atoms with van der Waals surface area (Å²) in [5.41, 5.74) is 2.03. The molecule has 1 heterocycles. The summed E-state index contributed by atoms with van der Waals surface area (Å²) in [4.78, 5) is 18.6. The first-order valence-corrected chi connectivity index (χ1v) is 9.99. The van der Waals surface area contributed by atoms with Crippen molar-refractivity contribution < 1.29 is 14.1 Å². The Bertz CT molecular complexity index is 897. The fraction of sp³-hybridized carbons (Fsp3) is 0.286. The minimum absolute atomic E-state index is 0.0325. The van der Waals surface area contributed by atoms with Crippen molar-refractivity contribution in [2.24, 2.45) is 0 Å². The van der Waals surface area contributed by atoms with E-state index in [-0.39, 0.29) is 17.7 Å². The summed E-state index contributed by atoms with van der Waals surface area (Å²) in [7, 11) is 3.37. The summed E-state index contributed by atoms with van der Waals surface area (Å²) >= 11 is 1.61. The Kier molecular flexibility index (Phi) is 6.71. The second-order valence-corrected chi connectivity index (χ2v) is 7.70. The molecular formula is C21H23N3O3S. The lowest BCUT2D eigenvalue weighted by Gasteiger charge is -2.19. The normalized spacial score (nSPS) is 11.8. The van der Waals surface area contributed by atoms with Crippen LogP contribution < -0.4 is 4.74 Å². The lowest BCUT2D eigenvalue weighted by atomic mass is 10.2. The predicted molar refractivity (Wildman–Crippen MR) is 110 cm³/mol. The number of benzene rings is 2. The zero-order valence-electron chi connectivity index (χ0n) is 16.2. The van der Waals surface area contributed by atoms with Gasteiger partial charge in [0.25, 0.3) is 0 Å². The van der Waals surface area contributed by atoms with Gasteiger partial charge < -0.3 is 14.2 Å². The molecule has 0 aliphatic carbocycles. The number of aromatic nitrogens is 2. The van der Waals surface area contributed by atoms with Crippen LogP contribution in [0, 0.1) is 0 Å². The number of carbonyl (C=O) groups excluding carboxylic acids is 1. The topological polar surface area (TPSA) is 68.5 Å². The molecule has 0 fully saturated rings. The van der Waals surface area contributed by atoms with Gasteiger partial charge in [-0.2, -0.15) is 4.98 Å². The molecule has 1 aromatic heterocycles. The first kappa shape index (κ1) is 19.9. The van der Waals surface area contributed by atoms with Gasteiger partial charge in [0, 0.05) is 18.4 Å². The van der Waals surface area contributed by atoms with Gasteiger partial charge in [0.15, 0.2) is 0 Å². The largest absolute Gasteiger partial charge is 0.497 e. The van der Waals surface area contributed by atoms with Crippen molar-refractivity contribution in [3.05, 3.63) is 66.1 Å². The van der Waals surface area contributed by atoms with Gasteiger partial charge in [-0.1, -0.05) is 35.5 Å². The second-order valence-electron chi connectivity index (χ2n) is 6.37. The van der Waals surface area contributed by atoms with Crippen LogP contribution in [0.15, 0.2) is 59.1 Å². The summed E-state index contributed by atoms with van der Waals surface area (Å²) in [6.45, 7) is 2.20. The molecule has 7 heteroatoms. The van der Waals surface area contributed by atoms with Crippen LogP contribution in [0.2, 0.25) is 0 Å². The van der Waals surface area contributed by atoms with Crippen LogP contribution in [-0.2, 0) is 17.1 Å². The summed E-state index contributed by atoms with van der Waals surface area (Å²) in [5.74, 6) is 2.49. The molecule has 0 spiro atoms. The molecule has 1 amide bonds. The number of hydrogen-bond acceptors (Lipinski definition) is 6. The number of thioether (sulfide) groups is 1. The Morgan fingerprint density at radius 2 is 1.89 bits per heavy atom. The Labute approximate surface area is 168 Å². The molecule has 1 atom stereocenters. The molecule has 0 aliphatic rings. The minimum Gasteiger partial charge on any atom is -0.497 e. The Balaban J connectivity index is 1.55. The van der Waals surface area contributed by atoms with Gasteiger partial charge in [0.1, 0.15) is 5.75 Å². The highest BCUT2D eigenvalue weighted by molar-refractivity contribution is 7.99. The Morgan fingerprint density at radius 1 is 1.18 bits per heavy atom. The molecule has 0 radical (unpaired) electrons. The third-order valence-electron chi connectivity index (χ3n) is 4.26. The molecule has 0 saturated carbocycles. The molecule has 2 aromatic carbocycles. The minimum atomic E-state index is -0.158. The van der Waals surface area contributed by atoms with Gasteiger partial charge in [-0.15, -0.1) is 11.8 Å². The summed E-state index contributed by atoms with van der Waals surface area (Å²) in [6, 6.07) is 17.5. The molecular weight excluding hydrogens is 374 g/mol. The van der Waals surface area contributed by atoms with E-state index in [9.17, 15) is 4.79 Å². The zero-order chi connectivity index (χ0) is 19.9. The van der Waals surface area contributed by atoms with E-state index in [0.29, 0.717) is 11.7 Å². The number of nitrogens with zero attached hydrogens (tertiary/aromatic N) is 3. The van der Waals surface area contributed by atoms with Crippen molar-refractivity contribution in [2.45, 2.75) is 24.5 Å². The van der Waals surface area contributed by atoms with Crippen LogP contribution in [0.1, 0.15) is 18.4 Å². The number of amides is 1. The fourth-order valence-corrected chi connectivity index (χ4v) is 3.59. The van der Waals surface area contributed by atoms with Gasteiger partial charge in [-0.3, -0.25) is 4.79 Å². The van der Waals surface area contributed by atoms with Crippen molar-refractivity contribution in [2.75, 3.05) is 14.2 Å². The number of rotatable bonds is 8. The number of ether oxygens (including phenoxy) is 1. The molecule has 28 heavy (non-hydrogen) atoms. The smallest absolute Gasteiger partial charge is 0.246 e. The highest BCUT2D eigenvalue weighted by Gasteiger charge is 2.20. The van der Waals surface area contributed by atoms with E-state index in [1.807, 2.05) is 49.4 Å². The Morgan fingerprint density at radius 3 is 2.57 bits per heavy atom. The van der Waals surface area contributed by atoms with Crippen LogP contribution in [0.25, 0.3) is 11.4 Å². The summed E-state index contributed by atoms with van der Waals surface area (Å²) in [6.07, 6.45) is 0. The van der Waals surface area contributed by atoms with Gasteiger partial charge in [-0.05, 0) is 36.8 Å². The third kappa shape index (κ3) is 5.13. The average Bonchev–Trinajstić information content (AvgIpc) is 3.20. The highest BCUT2D eigenvalue weighted by Crippen LogP contribution is 2.21. The van der Waals surface area contributed by atoms with E-state index in [1.165, 1.54) is 5.56 Å². The van der Waals surface area contributed by atoms with Crippen molar-refractivity contribution in [1.82, 2.24) is 15.0 Å². The third-order valence-corrected chi connectivity index (χ3v) is 5.46. The van der Waals surface area contributed by atoms with Crippen LogP contribution in [0.3, 0.4) is 0 Å². The van der Waals surface area contributed by atoms with Crippen molar-refractivity contribution in [1.29, 1.82) is 0 Å². The second kappa shape index (κ2) is 9.41. The highest BCUT2D eigenvalue weighted by atomic mass is 32.2. The van der Waals surface area contributed by atoms with Gasteiger partial charge in [-0.25, -0.2) is 0 Å². The summed E-state index contributed by atoms with van der Waals surface area (Å²) in [5, 5.41) is 3.85. The number of hydrogen-bond donors (Lipinski definition) is 0. The van der Waals surface area contributed by atoms with E-state index < -0.39 is 0 Å². The molecule has 6 nitrogen and oxygen atoms in total. The fourth-order valence-electron chi connectivity index (χ4n) is 2.63. The van der Waals surface area contributed by atoms with Crippen molar-refractivity contribution in [3.63, 3.8) is 0 Å². The van der Waals surface area contributed by atoms with Gasteiger partial charge in [0.05, 0.1) is 18.9 Å². The van der Waals surface area contributed by atoms with Crippen LogP contribution in [-0.4, -0.2) is 40.4 Å². The van der Waals surface area contributed by atoms with E-state index in [0.717, 1.165) is 17.1 Å². The van der Waals surface area contributed by atoms with Crippen molar-refractivity contribution in [3.8, 4) is 17.1 Å². The van der Waals surface area contributed by atoms with E-state index >= 15 is 0 Å². The van der Waals surface area contributed by atoms with Crippen molar-refractivity contribution >= 4 is 17.7 Å². The number of methoxy groups -OCH3 is 1. The predicted octanol–water partition coefficient (Wildman–Crippen LogP) is 4.03. The maximum absolute atomic E-state index is 12.6. The molecule has 0 saturated heterocycles.